The van der Waals surface area contributed by atoms with Gasteiger partial charge in [0.15, 0.2) is 0 Å². The first-order valence-corrected chi connectivity index (χ1v) is 12.5. The standard InChI is InChI=1S/C28H40N2O5/c1-18-12-14-20(15-13-18)26-29-22(19(2)34-26)17-33-23-11-9-8-10-21(23)25(32)30-28(6,7)16-24(31)35-27(3,4)5/h12-15,21,23H,8-11,16-17H2,1-7H3,(H,30,32)/t21-,23+/m1/s1. The second-order valence-electron chi connectivity index (χ2n) is 11.3. The van der Waals surface area contributed by atoms with Gasteiger partial charge in [0, 0.05) is 11.1 Å². The molecule has 2 atom stereocenters. The van der Waals surface area contributed by atoms with Gasteiger partial charge in [0.05, 0.1) is 25.0 Å². The maximum Gasteiger partial charge on any atom is 0.308 e. The van der Waals surface area contributed by atoms with E-state index in [9.17, 15) is 9.59 Å². The maximum absolute atomic E-state index is 13.2. The first kappa shape index (κ1) is 26.9. The molecular weight excluding hydrogens is 444 g/mol. The van der Waals surface area contributed by atoms with E-state index in [1.165, 1.54) is 5.56 Å². The molecule has 1 N–H and O–H groups in total. The molecule has 1 aromatic heterocycles. The molecule has 1 heterocycles. The van der Waals surface area contributed by atoms with E-state index in [-0.39, 0.29) is 36.9 Å². The number of ether oxygens (including phenoxy) is 2. The van der Waals surface area contributed by atoms with E-state index in [2.05, 4.69) is 10.3 Å². The molecular formula is C28H40N2O5. The van der Waals surface area contributed by atoms with Crippen molar-refractivity contribution in [3.05, 3.63) is 41.3 Å². The molecule has 35 heavy (non-hydrogen) atoms. The van der Waals surface area contributed by atoms with Crippen LogP contribution < -0.4 is 5.32 Å². The predicted molar refractivity (Wildman–Crippen MR) is 135 cm³/mol. The molecule has 3 rings (SSSR count). The summed E-state index contributed by atoms with van der Waals surface area (Å²) >= 11 is 0. The minimum atomic E-state index is -0.715. The van der Waals surface area contributed by atoms with Crippen LogP contribution >= 0.6 is 0 Å². The van der Waals surface area contributed by atoms with Crippen molar-refractivity contribution in [1.82, 2.24) is 10.3 Å². The summed E-state index contributed by atoms with van der Waals surface area (Å²) in [6.07, 6.45) is 3.46. The molecule has 1 aliphatic carbocycles. The van der Waals surface area contributed by atoms with Crippen LogP contribution in [0.25, 0.3) is 11.5 Å². The average Bonchev–Trinajstić information content (AvgIpc) is 3.11. The summed E-state index contributed by atoms with van der Waals surface area (Å²) in [5.41, 5.74) is 1.57. The molecule has 1 amide bonds. The summed E-state index contributed by atoms with van der Waals surface area (Å²) in [5, 5.41) is 3.06. The lowest BCUT2D eigenvalue weighted by molar-refractivity contribution is -0.156. The fraction of sp³-hybridized carbons (Fsp3) is 0.607. The highest BCUT2D eigenvalue weighted by molar-refractivity contribution is 5.81. The molecule has 1 aliphatic rings. The van der Waals surface area contributed by atoms with E-state index in [1.807, 2.05) is 72.7 Å². The zero-order chi connectivity index (χ0) is 25.8. The van der Waals surface area contributed by atoms with Crippen molar-refractivity contribution in [3.8, 4) is 11.5 Å². The molecule has 1 aromatic carbocycles. The molecule has 0 radical (unpaired) electrons. The van der Waals surface area contributed by atoms with Gasteiger partial charge in [-0.25, -0.2) is 4.98 Å². The number of benzene rings is 1. The Morgan fingerprint density at radius 1 is 1.06 bits per heavy atom. The largest absolute Gasteiger partial charge is 0.460 e. The van der Waals surface area contributed by atoms with Crippen LogP contribution in [0.5, 0.6) is 0 Å². The molecule has 7 nitrogen and oxygen atoms in total. The number of hydrogen-bond acceptors (Lipinski definition) is 6. The molecule has 1 fully saturated rings. The Hall–Kier alpha value is -2.67. The summed E-state index contributed by atoms with van der Waals surface area (Å²) < 4.78 is 17.5. The average molecular weight is 485 g/mol. The normalized spacial score (nSPS) is 18.8. The van der Waals surface area contributed by atoms with Crippen LogP contribution in [0, 0.1) is 19.8 Å². The lowest BCUT2D eigenvalue weighted by Gasteiger charge is -2.34. The van der Waals surface area contributed by atoms with E-state index in [4.69, 9.17) is 13.9 Å². The Morgan fingerprint density at radius 2 is 1.71 bits per heavy atom. The van der Waals surface area contributed by atoms with Gasteiger partial charge in [-0.2, -0.15) is 0 Å². The summed E-state index contributed by atoms with van der Waals surface area (Å²) in [7, 11) is 0. The van der Waals surface area contributed by atoms with Crippen molar-refractivity contribution in [2.45, 2.75) is 104 Å². The number of carbonyl (C=O) groups is 2. The van der Waals surface area contributed by atoms with Crippen molar-refractivity contribution < 1.29 is 23.5 Å². The number of aromatic nitrogens is 1. The smallest absolute Gasteiger partial charge is 0.308 e. The molecule has 0 aliphatic heterocycles. The number of amides is 1. The van der Waals surface area contributed by atoms with Gasteiger partial charge in [0.1, 0.15) is 17.1 Å². The summed E-state index contributed by atoms with van der Waals surface area (Å²) in [6, 6.07) is 8.04. The number of aryl methyl sites for hydroxylation is 2. The molecule has 0 saturated heterocycles. The molecule has 0 bridgehead atoms. The SMILES string of the molecule is Cc1ccc(-c2nc(CO[C@H]3CCCC[C@H]3C(=O)NC(C)(C)CC(=O)OC(C)(C)C)c(C)o2)cc1. The highest BCUT2D eigenvalue weighted by Gasteiger charge is 2.36. The van der Waals surface area contributed by atoms with Crippen molar-refractivity contribution in [2.75, 3.05) is 0 Å². The lowest BCUT2D eigenvalue weighted by Crippen LogP contribution is -2.51. The van der Waals surface area contributed by atoms with E-state index >= 15 is 0 Å². The van der Waals surface area contributed by atoms with Gasteiger partial charge in [0.2, 0.25) is 11.8 Å². The Kier molecular flexibility index (Phi) is 8.42. The minimum absolute atomic E-state index is 0.0829. The third kappa shape index (κ3) is 7.92. The van der Waals surface area contributed by atoms with Crippen LogP contribution in [0.15, 0.2) is 28.7 Å². The summed E-state index contributed by atoms with van der Waals surface area (Å²) in [5.74, 6) is 0.606. The fourth-order valence-corrected chi connectivity index (χ4v) is 4.37. The van der Waals surface area contributed by atoms with Crippen molar-refractivity contribution in [2.24, 2.45) is 5.92 Å². The molecule has 0 unspecified atom stereocenters. The number of nitrogens with one attached hydrogen (secondary N) is 1. The van der Waals surface area contributed by atoms with Gasteiger partial charge < -0.3 is 19.2 Å². The van der Waals surface area contributed by atoms with Crippen LogP contribution in [0.1, 0.15) is 83.7 Å². The van der Waals surface area contributed by atoms with E-state index in [0.717, 1.165) is 42.7 Å². The van der Waals surface area contributed by atoms with Gasteiger partial charge in [0.25, 0.3) is 0 Å². The first-order valence-electron chi connectivity index (χ1n) is 12.5. The monoisotopic (exact) mass is 484 g/mol. The van der Waals surface area contributed by atoms with Gasteiger partial charge in [-0.1, -0.05) is 30.5 Å². The predicted octanol–water partition coefficient (Wildman–Crippen LogP) is 5.66. The quantitative estimate of drug-likeness (QED) is 0.486. The second-order valence-corrected chi connectivity index (χ2v) is 11.3. The van der Waals surface area contributed by atoms with Crippen molar-refractivity contribution in [3.63, 3.8) is 0 Å². The summed E-state index contributed by atoms with van der Waals surface area (Å²) in [4.78, 5) is 30.1. The second kappa shape index (κ2) is 10.9. The Bertz CT molecular complexity index is 1020. The summed E-state index contributed by atoms with van der Waals surface area (Å²) in [6.45, 7) is 13.4. The van der Waals surface area contributed by atoms with Crippen LogP contribution in [0.3, 0.4) is 0 Å². The topological polar surface area (TPSA) is 90.7 Å². The third-order valence-electron chi connectivity index (χ3n) is 6.13. The molecule has 192 valence electrons. The van der Waals surface area contributed by atoms with E-state index in [0.29, 0.717) is 5.89 Å². The first-order chi connectivity index (χ1) is 16.3. The minimum Gasteiger partial charge on any atom is -0.460 e. The number of carbonyl (C=O) groups excluding carboxylic acids is 2. The zero-order valence-electron chi connectivity index (χ0n) is 22.2. The van der Waals surface area contributed by atoms with Gasteiger partial charge >= 0.3 is 5.97 Å². The number of oxazole rings is 1. The fourth-order valence-electron chi connectivity index (χ4n) is 4.37. The van der Waals surface area contributed by atoms with Crippen molar-refractivity contribution in [1.29, 1.82) is 0 Å². The number of rotatable bonds is 8. The molecule has 1 saturated carbocycles. The molecule has 7 heteroatoms. The number of nitrogens with zero attached hydrogens (tertiary/aromatic N) is 1. The van der Waals surface area contributed by atoms with Gasteiger partial charge in [-0.05, 0) is 73.4 Å². The molecule has 2 aromatic rings. The van der Waals surface area contributed by atoms with Gasteiger partial charge in [-0.15, -0.1) is 0 Å². The number of esters is 1. The highest BCUT2D eigenvalue weighted by atomic mass is 16.6. The van der Waals surface area contributed by atoms with Gasteiger partial charge in [-0.3, -0.25) is 9.59 Å². The van der Waals surface area contributed by atoms with Crippen LogP contribution in [-0.2, 0) is 25.7 Å². The Labute approximate surface area is 209 Å². The Balaban J connectivity index is 1.61. The number of hydrogen-bond donors (Lipinski definition) is 1. The third-order valence-corrected chi connectivity index (χ3v) is 6.13. The van der Waals surface area contributed by atoms with Crippen LogP contribution in [0.4, 0.5) is 0 Å². The van der Waals surface area contributed by atoms with Crippen LogP contribution in [-0.4, -0.2) is 34.1 Å². The van der Waals surface area contributed by atoms with E-state index < -0.39 is 11.1 Å². The zero-order valence-corrected chi connectivity index (χ0v) is 22.2. The molecule has 0 spiro atoms. The van der Waals surface area contributed by atoms with E-state index in [1.54, 1.807) is 0 Å². The van der Waals surface area contributed by atoms with Crippen molar-refractivity contribution >= 4 is 11.9 Å². The van der Waals surface area contributed by atoms with Crippen LogP contribution in [0.2, 0.25) is 0 Å². The Morgan fingerprint density at radius 3 is 2.37 bits per heavy atom. The lowest BCUT2D eigenvalue weighted by atomic mass is 9.85. The highest BCUT2D eigenvalue weighted by Crippen LogP contribution is 2.30. The maximum atomic E-state index is 13.2.